The monoisotopic (exact) mass is 343 g/mol. The highest BCUT2D eigenvalue weighted by molar-refractivity contribution is 7.80. The average molecular weight is 343 g/mol. The summed E-state index contributed by atoms with van der Waals surface area (Å²) in [4.78, 5) is 3.08. The Morgan fingerprint density at radius 1 is 1.12 bits per heavy atom. The van der Waals surface area contributed by atoms with E-state index in [1.54, 1.807) is 12.1 Å². The van der Waals surface area contributed by atoms with Crippen LogP contribution < -0.4 is 4.74 Å². The molecule has 0 aromatic heterocycles. The van der Waals surface area contributed by atoms with Gasteiger partial charge in [-0.15, -0.1) is 0 Å². The number of rotatable bonds is 4. The minimum absolute atomic E-state index is 0.198. The van der Waals surface area contributed by atoms with Gasteiger partial charge in [0.15, 0.2) is 0 Å². The number of ether oxygens (including phenoxy) is 1. The smallest absolute Gasteiger partial charge is 0.130 e. The predicted molar refractivity (Wildman–Crippen MR) is 98.8 cm³/mol. The minimum atomic E-state index is -0.248. The highest BCUT2D eigenvalue weighted by Gasteiger charge is 2.20. The van der Waals surface area contributed by atoms with E-state index in [0.717, 1.165) is 29.6 Å². The molecule has 0 spiro atoms. The van der Waals surface area contributed by atoms with Crippen molar-refractivity contribution in [1.29, 1.82) is 0 Å². The maximum absolute atomic E-state index is 13.8. The van der Waals surface area contributed by atoms with Gasteiger partial charge in [0.25, 0.3) is 0 Å². The lowest BCUT2D eigenvalue weighted by Crippen LogP contribution is -2.37. The number of halogens is 1. The van der Waals surface area contributed by atoms with Crippen molar-refractivity contribution in [2.24, 2.45) is 5.92 Å². The molecule has 2 aromatic rings. The van der Waals surface area contributed by atoms with Gasteiger partial charge in [-0.3, -0.25) is 0 Å². The van der Waals surface area contributed by atoms with Gasteiger partial charge in [-0.2, -0.15) is 0 Å². The number of thiocarbonyl (C=S) groups is 1. The Balaban J connectivity index is 1.73. The molecule has 24 heavy (non-hydrogen) atoms. The molecule has 0 atom stereocenters. The molecular formula is C20H22FNOS. The number of likely N-dealkylation sites (tertiary alicyclic amines) is 1. The largest absolute Gasteiger partial charge is 0.488 e. The maximum atomic E-state index is 13.8. The first kappa shape index (κ1) is 16.9. The van der Waals surface area contributed by atoms with E-state index in [9.17, 15) is 4.39 Å². The van der Waals surface area contributed by atoms with Crippen molar-refractivity contribution in [3.8, 4) is 5.75 Å². The molecule has 4 heteroatoms. The molecule has 126 valence electrons. The third-order valence-corrected chi connectivity index (χ3v) is 5.01. The van der Waals surface area contributed by atoms with E-state index >= 15 is 0 Å². The topological polar surface area (TPSA) is 12.5 Å². The van der Waals surface area contributed by atoms with Crippen molar-refractivity contribution < 1.29 is 9.13 Å². The molecule has 1 fully saturated rings. The summed E-state index contributed by atoms with van der Waals surface area (Å²) < 4.78 is 19.6. The third kappa shape index (κ3) is 3.93. The van der Waals surface area contributed by atoms with Crippen molar-refractivity contribution in [3.63, 3.8) is 0 Å². The summed E-state index contributed by atoms with van der Waals surface area (Å²) in [5.41, 5.74) is 1.46. The van der Waals surface area contributed by atoms with Crippen LogP contribution in [0.25, 0.3) is 0 Å². The van der Waals surface area contributed by atoms with Gasteiger partial charge in [0.05, 0.1) is 5.56 Å². The summed E-state index contributed by atoms with van der Waals surface area (Å²) in [5.74, 6) is 1.23. The van der Waals surface area contributed by atoms with Crippen LogP contribution in [-0.4, -0.2) is 23.0 Å². The van der Waals surface area contributed by atoms with Crippen molar-refractivity contribution >= 4 is 17.2 Å². The molecule has 0 aliphatic carbocycles. The Hall–Kier alpha value is -1.94. The zero-order valence-corrected chi connectivity index (χ0v) is 14.7. The number of nitrogens with zero attached hydrogens (tertiary/aromatic N) is 1. The van der Waals surface area contributed by atoms with Gasteiger partial charge < -0.3 is 9.64 Å². The van der Waals surface area contributed by atoms with Crippen LogP contribution in [0.4, 0.5) is 4.39 Å². The van der Waals surface area contributed by atoms with Gasteiger partial charge in [0, 0.05) is 18.7 Å². The molecule has 0 radical (unpaired) electrons. The zero-order chi connectivity index (χ0) is 16.9. The first-order valence-corrected chi connectivity index (χ1v) is 8.80. The fourth-order valence-corrected chi connectivity index (χ4v) is 3.27. The molecule has 0 saturated carbocycles. The van der Waals surface area contributed by atoms with Crippen LogP contribution >= 0.6 is 12.2 Å². The van der Waals surface area contributed by atoms with E-state index in [2.05, 4.69) is 11.8 Å². The van der Waals surface area contributed by atoms with Crippen molar-refractivity contribution in [3.05, 3.63) is 65.5 Å². The molecule has 1 saturated heterocycles. The number of hydrogen-bond acceptors (Lipinski definition) is 2. The molecule has 3 rings (SSSR count). The quantitative estimate of drug-likeness (QED) is 0.739. The van der Waals surface area contributed by atoms with Gasteiger partial charge >= 0.3 is 0 Å². The molecule has 1 aliphatic heterocycles. The first-order chi connectivity index (χ1) is 11.6. The lowest BCUT2D eigenvalue weighted by atomic mass is 9.99. The molecule has 1 heterocycles. The van der Waals surface area contributed by atoms with Gasteiger partial charge in [0.2, 0.25) is 0 Å². The molecule has 2 nitrogen and oxygen atoms in total. The summed E-state index contributed by atoms with van der Waals surface area (Å²) in [5, 5.41) is 0. The fraction of sp³-hybridized carbons (Fsp3) is 0.350. The number of para-hydroxylation sites is 1. The average Bonchev–Trinajstić information content (AvgIpc) is 2.61. The lowest BCUT2D eigenvalue weighted by molar-refractivity contribution is 0.280. The first-order valence-electron chi connectivity index (χ1n) is 8.39. The molecule has 0 unspecified atom stereocenters. The highest BCUT2D eigenvalue weighted by Crippen LogP contribution is 2.25. The maximum Gasteiger partial charge on any atom is 0.130 e. The molecule has 1 aliphatic rings. The van der Waals surface area contributed by atoms with E-state index in [-0.39, 0.29) is 12.4 Å². The van der Waals surface area contributed by atoms with Crippen LogP contribution in [0.3, 0.4) is 0 Å². The van der Waals surface area contributed by atoms with E-state index in [0.29, 0.717) is 11.3 Å². The van der Waals surface area contributed by atoms with E-state index < -0.39 is 0 Å². The number of benzene rings is 2. The van der Waals surface area contributed by atoms with Crippen molar-refractivity contribution in [2.45, 2.75) is 26.4 Å². The SMILES string of the molecule is CC1CCN(C(=S)c2ccccc2OCc2ccccc2F)CC1. The summed E-state index contributed by atoms with van der Waals surface area (Å²) in [7, 11) is 0. The zero-order valence-electron chi connectivity index (χ0n) is 13.9. The number of hydrogen-bond donors (Lipinski definition) is 0. The van der Waals surface area contributed by atoms with E-state index in [1.807, 2.05) is 30.3 Å². The summed E-state index contributed by atoms with van der Waals surface area (Å²) in [6.07, 6.45) is 2.33. The molecule has 2 aromatic carbocycles. The van der Waals surface area contributed by atoms with Gasteiger partial charge in [-0.1, -0.05) is 49.5 Å². The standard InChI is InChI=1S/C20H22FNOS/c1-15-10-12-22(13-11-15)20(24)17-7-3-5-9-19(17)23-14-16-6-2-4-8-18(16)21/h2-9,15H,10-14H2,1H3. The van der Waals surface area contributed by atoms with Crippen LogP contribution in [0.5, 0.6) is 5.75 Å². The van der Waals surface area contributed by atoms with E-state index in [1.165, 1.54) is 18.9 Å². The molecule has 0 N–H and O–H groups in total. The summed E-state index contributed by atoms with van der Waals surface area (Å²) >= 11 is 5.70. The number of piperidine rings is 1. The van der Waals surface area contributed by atoms with Gasteiger partial charge in [-0.05, 0) is 37.0 Å². The fourth-order valence-electron chi connectivity index (χ4n) is 2.92. The van der Waals surface area contributed by atoms with Crippen molar-refractivity contribution in [1.82, 2.24) is 4.90 Å². The summed E-state index contributed by atoms with van der Waals surface area (Å²) in [6.45, 7) is 4.46. The summed E-state index contributed by atoms with van der Waals surface area (Å²) in [6, 6.07) is 14.4. The Morgan fingerprint density at radius 2 is 1.79 bits per heavy atom. The molecular weight excluding hydrogens is 321 g/mol. The van der Waals surface area contributed by atoms with Crippen molar-refractivity contribution in [2.75, 3.05) is 13.1 Å². The lowest BCUT2D eigenvalue weighted by Gasteiger charge is -2.32. The van der Waals surface area contributed by atoms with E-state index in [4.69, 9.17) is 17.0 Å². The van der Waals surface area contributed by atoms with Crippen LogP contribution in [-0.2, 0) is 6.61 Å². The Bertz CT molecular complexity index is 710. The second-order valence-corrected chi connectivity index (χ2v) is 6.74. The van der Waals surface area contributed by atoms with Crippen LogP contribution in [0, 0.1) is 11.7 Å². The third-order valence-electron chi connectivity index (χ3n) is 4.53. The molecule has 0 amide bonds. The Labute approximate surface area is 148 Å². The Kier molecular flexibility index (Phi) is 5.46. The van der Waals surface area contributed by atoms with Crippen LogP contribution in [0.15, 0.2) is 48.5 Å². The highest BCUT2D eigenvalue weighted by atomic mass is 32.1. The minimum Gasteiger partial charge on any atom is -0.488 e. The second kappa shape index (κ2) is 7.75. The normalized spacial score (nSPS) is 15.3. The Morgan fingerprint density at radius 3 is 2.54 bits per heavy atom. The van der Waals surface area contributed by atoms with Crippen LogP contribution in [0.2, 0.25) is 0 Å². The molecule has 0 bridgehead atoms. The van der Waals surface area contributed by atoms with Crippen LogP contribution in [0.1, 0.15) is 30.9 Å². The van der Waals surface area contributed by atoms with Gasteiger partial charge in [-0.25, -0.2) is 4.39 Å². The predicted octanol–water partition coefficient (Wildman–Crippen LogP) is 4.81. The second-order valence-electron chi connectivity index (χ2n) is 6.35. The van der Waals surface area contributed by atoms with Gasteiger partial charge in [0.1, 0.15) is 23.2 Å².